The van der Waals surface area contributed by atoms with Crippen LogP contribution in [0.4, 0.5) is 10.3 Å². The quantitative estimate of drug-likeness (QED) is 0.255. The average Bonchev–Trinajstić information content (AvgIpc) is 2.71. The fourth-order valence-electron chi connectivity index (χ4n) is 2.93. The Balaban J connectivity index is 0.00000648. The maximum absolute atomic E-state index is 13.5. The molecule has 33 heavy (non-hydrogen) atoms. The molecule has 0 spiro atoms. The van der Waals surface area contributed by atoms with Crippen LogP contribution in [0.15, 0.2) is 30.3 Å². The van der Waals surface area contributed by atoms with Crippen molar-refractivity contribution in [3.05, 3.63) is 47.4 Å². The van der Waals surface area contributed by atoms with Gasteiger partial charge in [-0.1, -0.05) is 26.0 Å². The molecule has 0 saturated heterocycles. The van der Waals surface area contributed by atoms with Gasteiger partial charge in [0.1, 0.15) is 5.82 Å². The maximum atomic E-state index is 13.5. The van der Waals surface area contributed by atoms with Crippen LogP contribution in [0.25, 0.3) is 17.3 Å². The molecule has 1 heterocycles. The maximum Gasteiger partial charge on any atom is 1.00 e. The Kier molecular flexibility index (Phi) is 9.21. The van der Waals surface area contributed by atoms with E-state index in [-0.39, 0.29) is 53.3 Å². The summed E-state index contributed by atoms with van der Waals surface area (Å²) in [6.45, 7) is 3.46. The number of nitrogens with one attached hydrogen (secondary N) is 1. The van der Waals surface area contributed by atoms with Crippen molar-refractivity contribution in [2.75, 3.05) is 10.9 Å². The first-order valence-electron chi connectivity index (χ1n) is 11.0. The van der Waals surface area contributed by atoms with E-state index < -0.39 is 52.6 Å². The number of rotatable bonds is 10. The minimum absolute atomic E-state index is 0. The second-order valence-corrected chi connectivity index (χ2v) is 8.56. The van der Waals surface area contributed by atoms with E-state index in [0.717, 1.165) is 12.1 Å². The number of nitrogens with zero attached hydrogens (tertiary/aromatic N) is 2. The van der Waals surface area contributed by atoms with Gasteiger partial charge in [-0.15, -0.1) is 0 Å². The third-order valence-electron chi connectivity index (χ3n) is 4.27. The molecule has 0 bridgehead atoms. The Morgan fingerprint density at radius 1 is 1.27 bits per heavy atom. The summed E-state index contributed by atoms with van der Waals surface area (Å²) in [5.74, 6) is -2.86. The molecule has 9 nitrogen and oxygen atoms in total. The van der Waals surface area contributed by atoms with Crippen molar-refractivity contribution in [1.82, 2.24) is 9.97 Å². The Labute approximate surface area is 218 Å². The van der Waals surface area contributed by atoms with Gasteiger partial charge in [0.05, 0.1) is 29.8 Å². The molecule has 0 radical (unpaired) electrons. The topological polar surface area (TPSA) is 153 Å². The van der Waals surface area contributed by atoms with Crippen LogP contribution in [0.3, 0.4) is 0 Å². The minimum atomic E-state index is -4.83. The fourth-order valence-corrected chi connectivity index (χ4v) is 3.26. The standard InChI is InChI=1S/C21H26FN3O6S.Na/c1-12(2)19-17(9-8-15(26)10-16(27)11-18(28)29)20(13-4-6-14(22)7-5-13)24-21(23-19)25-32(3,30)31;/h4-9,12,15-16,26-27H,10-11H2,1-3H3,(H,28,29)(H,23,24,25);/q;+1/p-1/b9-8+;/t15-,16-;/m1./s1/i3+1D3;. The summed E-state index contributed by atoms with van der Waals surface area (Å²) in [5, 5.41) is 30.5. The molecule has 2 atom stereocenters. The Hall–Kier alpha value is -1.89. The van der Waals surface area contributed by atoms with E-state index in [1.54, 1.807) is 13.8 Å². The van der Waals surface area contributed by atoms with Gasteiger partial charge in [0.25, 0.3) is 0 Å². The van der Waals surface area contributed by atoms with Gasteiger partial charge in [-0.3, -0.25) is 4.72 Å². The second-order valence-electron chi connectivity index (χ2n) is 7.35. The van der Waals surface area contributed by atoms with Crippen molar-refractivity contribution in [3.8, 4) is 11.3 Å². The molecule has 2 rings (SSSR count). The van der Waals surface area contributed by atoms with Gasteiger partial charge in [0, 0.05) is 34.1 Å². The number of aliphatic carboxylic acids is 1. The molecular weight excluding hydrogens is 465 g/mol. The number of carbonyl (C=O) groups excluding carboxylic acids is 1. The number of aromatic nitrogens is 2. The summed E-state index contributed by atoms with van der Waals surface area (Å²) in [6.07, 6.45) is -4.28. The second kappa shape index (κ2) is 12.5. The van der Waals surface area contributed by atoms with Crippen molar-refractivity contribution in [2.45, 2.75) is 44.8 Å². The van der Waals surface area contributed by atoms with E-state index in [9.17, 15) is 32.9 Å². The van der Waals surface area contributed by atoms with E-state index in [0.29, 0.717) is 11.1 Å². The third-order valence-corrected chi connectivity index (χ3v) is 4.72. The normalized spacial score (nSPS) is 15.3. The van der Waals surface area contributed by atoms with Crippen molar-refractivity contribution < 1.29 is 66.6 Å². The van der Waals surface area contributed by atoms with E-state index in [1.807, 2.05) is 4.72 Å². The smallest absolute Gasteiger partial charge is 0.550 e. The van der Waals surface area contributed by atoms with Crippen molar-refractivity contribution >= 4 is 28.0 Å². The summed E-state index contributed by atoms with van der Waals surface area (Å²) < 4.78 is 61.3. The Morgan fingerprint density at radius 3 is 2.45 bits per heavy atom. The van der Waals surface area contributed by atoms with Crippen LogP contribution in [0, 0.1) is 5.82 Å². The molecule has 0 fully saturated rings. The summed E-state index contributed by atoms with van der Waals surface area (Å²) in [6, 6.07) is 5.05. The van der Waals surface area contributed by atoms with Crippen molar-refractivity contribution in [2.24, 2.45) is 0 Å². The molecule has 0 aliphatic heterocycles. The van der Waals surface area contributed by atoms with Crippen LogP contribution in [-0.4, -0.2) is 53.0 Å². The molecule has 1 aromatic heterocycles. The van der Waals surface area contributed by atoms with Gasteiger partial charge in [-0.25, -0.2) is 22.8 Å². The predicted octanol–water partition coefficient (Wildman–Crippen LogP) is -1.95. The van der Waals surface area contributed by atoms with Gasteiger partial charge in [-0.05, 0) is 30.2 Å². The first kappa shape index (κ1) is 24.2. The number of sulfonamides is 1. The summed E-state index contributed by atoms with van der Waals surface area (Å²) in [4.78, 5) is 18.9. The summed E-state index contributed by atoms with van der Waals surface area (Å²) in [5.41, 5.74) is 1.06. The summed E-state index contributed by atoms with van der Waals surface area (Å²) in [7, 11) is -4.83. The zero-order chi connectivity index (χ0) is 26.6. The number of carbonyl (C=O) groups is 1. The molecule has 0 aliphatic carbocycles. The molecule has 2 aromatic rings. The number of aliphatic hydroxyl groups is 2. The molecule has 0 unspecified atom stereocenters. The fraction of sp³-hybridized carbons (Fsp3) is 0.381. The number of hydrogen-bond donors (Lipinski definition) is 3. The Bertz CT molecular complexity index is 1190. The minimum Gasteiger partial charge on any atom is -0.550 e. The molecule has 3 N–H and O–H groups in total. The molecule has 12 heteroatoms. The van der Waals surface area contributed by atoms with E-state index in [4.69, 9.17) is 4.11 Å². The number of carboxylic acid groups (broad SMARTS) is 1. The molecule has 0 saturated carbocycles. The SMILES string of the molecule is [2H][13C]([2H])([2H])S(=O)(=O)Nc1nc(-c2ccc(F)cc2)c(/C=C/[C@@H](O)C[C@@H](O)CC(=O)[O-])c(C(C)C)n1.[Na+]. The molecule has 1 aromatic carbocycles. The van der Waals surface area contributed by atoms with Crippen LogP contribution in [0.5, 0.6) is 0 Å². The average molecular weight is 494 g/mol. The zero-order valence-electron chi connectivity index (χ0n) is 21.3. The number of hydrogen-bond acceptors (Lipinski definition) is 8. The van der Waals surface area contributed by atoms with Crippen molar-refractivity contribution in [3.63, 3.8) is 0 Å². The van der Waals surface area contributed by atoms with Gasteiger partial charge in [0.2, 0.25) is 16.0 Å². The number of aliphatic hydroxyl groups excluding tert-OH is 2. The van der Waals surface area contributed by atoms with Crippen molar-refractivity contribution in [1.29, 1.82) is 0 Å². The van der Waals surface area contributed by atoms with Crippen LogP contribution in [0.1, 0.15) is 48.0 Å². The number of benzene rings is 1. The summed E-state index contributed by atoms with van der Waals surface area (Å²) >= 11 is 0. The monoisotopic (exact) mass is 493 g/mol. The van der Waals surface area contributed by atoms with Crippen LogP contribution >= 0.6 is 0 Å². The largest absolute Gasteiger partial charge is 1.00 e. The van der Waals surface area contributed by atoms with E-state index >= 15 is 0 Å². The number of anilines is 1. The number of carboxylic acids is 1. The molecule has 0 aliphatic rings. The van der Waals surface area contributed by atoms with Gasteiger partial charge in [-0.2, -0.15) is 0 Å². The first-order chi connectivity index (χ1) is 16.1. The van der Waals surface area contributed by atoms with Crippen LogP contribution in [0.2, 0.25) is 0 Å². The number of halogens is 1. The van der Waals surface area contributed by atoms with E-state index in [1.165, 1.54) is 24.3 Å². The Morgan fingerprint density at radius 2 is 1.91 bits per heavy atom. The van der Waals surface area contributed by atoms with Gasteiger partial charge < -0.3 is 20.1 Å². The molecular formula is C21H25FN3NaO6S. The predicted molar refractivity (Wildman–Crippen MR) is 115 cm³/mol. The molecule has 0 amide bonds. The van der Waals surface area contributed by atoms with E-state index in [2.05, 4.69) is 9.97 Å². The third kappa shape index (κ3) is 9.48. The molecule has 174 valence electrons. The van der Waals surface area contributed by atoms with Gasteiger partial charge >= 0.3 is 29.6 Å². The first-order valence-corrected chi connectivity index (χ1v) is 11.0. The van der Waals surface area contributed by atoms with Crippen LogP contribution < -0.4 is 39.4 Å². The zero-order valence-corrected chi connectivity index (χ0v) is 21.1. The van der Waals surface area contributed by atoms with Gasteiger partial charge in [0.15, 0.2) is 0 Å². The van der Waals surface area contributed by atoms with Crippen LogP contribution in [-0.2, 0) is 14.8 Å².